The normalized spacial score (nSPS) is 13.9. The average Bonchev–Trinajstić information content (AvgIpc) is 2.55. The Morgan fingerprint density at radius 1 is 1.27 bits per heavy atom. The van der Waals surface area contributed by atoms with E-state index in [2.05, 4.69) is 20.8 Å². The summed E-state index contributed by atoms with van der Waals surface area (Å²) in [6.45, 7) is 0.487. The summed E-state index contributed by atoms with van der Waals surface area (Å²) in [6, 6.07) is 9.12. The first kappa shape index (κ1) is 14.3. The predicted octanol–water partition coefficient (Wildman–Crippen LogP) is 1.69. The van der Waals surface area contributed by atoms with Crippen LogP contribution in [0.25, 0.3) is 0 Å². The lowest BCUT2D eigenvalue weighted by Gasteiger charge is -2.16. The number of aliphatic imine (C=N–C) groups is 1. The fraction of sp³-hybridized carbons (Fsp3) is 0.133. The van der Waals surface area contributed by atoms with Crippen LogP contribution in [0.3, 0.4) is 0 Å². The van der Waals surface area contributed by atoms with E-state index in [-0.39, 0.29) is 12.5 Å². The summed E-state index contributed by atoms with van der Waals surface area (Å²) in [5.41, 5.74) is 6.98. The molecule has 1 aliphatic heterocycles. The molecule has 0 saturated carbocycles. The van der Waals surface area contributed by atoms with Crippen molar-refractivity contribution < 1.29 is 9.53 Å². The van der Waals surface area contributed by atoms with Crippen LogP contribution in [0.5, 0.6) is 5.75 Å². The van der Waals surface area contributed by atoms with Crippen molar-refractivity contribution in [3.8, 4) is 5.75 Å². The predicted molar refractivity (Wildman–Crippen MR) is 82.7 cm³/mol. The number of halogens is 1. The summed E-state index contributed by atoms with van der Waals surface area (Å²) in [4.78, 5) is 19.2. The number of benzene rings is 1. The molecular formula is C15H13ClN4O2. The molecule has 1 aromatic heterocycles. The first-order chi connectivity index (χ1) is 10.7. The van der Waals surface area contributed by atoms with Crippen molar-refractivity contribution in [2.24, 2.45) is 4.99 Å². The number of amidine groups is 1. The number of ether oxygens (including phenoxy) is 1. The molecule has 2 N–H and O–H groups in total. The zero-order valence-corrected chi connectivity index (χ0v) is 12.3. The van der Waals surface area contributed by atoms with Crippen LogP contribution < -0.4 is 15.6 Å². The number of amides is 1. The number of hydrazine groups is 1. The Morgan fingerprint density at radius 2 is 2.18 bits per heavy atom. The molecule has 0 spiro atoms. The van der Waals surface area contributed by atoms with E-state index in [0.717, 1.165) is 11.1 Å². The van der Waals surface area contributed by atoms with Crippen molar-refractivity contribution >= 4 is 23.3 Å². The number of aromatic nitrogens is 1. The van der Waals surface area contributed by atoms with Gasteiger partial charge in [0.25, 0.3) is 5.91 Å². The van der Waals surface area contributed by atoms with Crippen molar-refractivity contribution in [3.63, 3.8) is 0 Å². The van der Waals surface area contributed by atoms with Gasteiger partial charge >= 0.3 is 0 Å². The molecule has 0 atom stereocenters. The number of nitrogens with zero attached hydrogens (tertiary/aromatic N) is 2. The minimum Gasteiger partial charge on any atom is -0.487 e. The molecule has 1 aromatic carbocycles. The number of carbonyl (C=O) groups is 1. The van der Waals surface area contributed by atoms with Gasteiger partial charge in [-0.2, -0.15) is 0 Å². The Hall–Kier alpha value is -2.60. The number of nitrogens with one attached hydrogen (secondary N) is 2. The topological polar surface area (TPSA) is 75.6 Å². The highest BCUT2D eigenvalue weighted by Gasteiger charge is 2.13. The number of hydrogen-bond donors (Lipinski definition) is 2. The molecular weight excluding hydrogens is 304 g/mol. The van der Waals surface area contributed by atoms with Gasteiger partial charge in [0.05, 0.1) is 5.02 Å². The lowest BCUT2D eigenvalue weighted by atomic mass is 10.2. The Bertz CT molecular complexity index is 719. The van der Waals surface area contributed by atoms with Gasteiger partial charge in [-0.05, 0) is 24.3 Å². The molecule has 22 heavy (non-hydrogen) atoms. The van der Waals surface area contributed by atoms with E-state index in [9.17, 15) is 4.79 Å². The maximum atomic E-state index is 11.0. The van der Waals surface area contributed by atoms with E-state index in [1.165, 1.54) is 0 Å². The maximum Gasteiger partial charge on any atom is 0.260 e. The smallest absolute Gasteiger partial charge is 0.260 e. The maximum absolute atomic E-state index is 11.0. The van der Waals surface area contributed by atoms with E-state index in [0.29, 0.717) is 23.2 Å². The summed E-state index contributed by atoms with van der Waals surface area (Å²) >= 11 is 6.23. The van der Waals surface area contributed by atoms with E-state index in [1.807, 2.05) is 18.2 Å². The molecule has 2 heterocycles. The third-order valence-electron chi connectivity index (χ3n) is 3.02. The Labute approximate surface area is 132 Å². The van der Waals surface area contributed by atoms with Gasteiger partial charge in [0.15, 0.2) is 0 Å². The lowest BCUT2D eigenvalue weighted by Crippen LogP contribution is -2.47. The molecule has 1 amide bonds. The summed E-state index contributed by atoms with van der Waals surface area (Å²) in [7, 11) is 0. The lowest BCUT2D eigenvalue weighted by molar-refractivity contribution is -0.120. The number of hydrogen-bond acceptors (Lipinski definition) is 5. The third-order valence-corrected chi connectivity index (χ3v) is 3.32. The van der Waals surface area contributed by atoms with Crippen molar-refractivity contribution in [2.45, 2.75) is 6.61 Å². The number of carbonyl (C=O) groups excluding carboxylic acids is 1. The zero-order chi connectivity index (χ0) is 15.4. The van der Waals surface area contributed by atoms with Crippen LogP contribution in [-0.4, -0.2) is 23.3 Å². The molecule has 2 aromatic rings. The minimum absolute atomic E-state index is 0.0964. The first-order valence-corrected chi connectivity index (χ1v) is 7.01. The highest BCUT2D eigenvalue weighted by Crippen LogP contribution is 2.26. The van der Waals surface area contributed by atoms with Gasteiger partial charge < -0.3 is 4.74 Å². The van der Waals surface area contributed by atoms with Crippen LogP contribution in [0, 0.1) is 0 Å². The third kappa shape index (κ3) is 3.35. The van der Waals surface area contributed by atoms with Gasteiger partial charge in [0, 0.05) is 23.5 Å². The molecule has 0 radical (unpaired) electrons. The summed E-state index contributed by atoms with van der Waals surface area (Å²) in [5, 5.41) is 0.475. The standard InChI is InChI=1S/C15H13ClN4O2/c16-12-6-11(15-18-8-14(21)19-20-15)3-4-13(12)22-9-10-2-1-5-17-7-10/h1-7H,8-9H2,(H,18,20)(H,19,21). The zero-order valence-electron chi connectivity index (χ0n) is 11.5. The highest BCUT2D eigenvalue weighted by atomic mass is 35.5. The van der Waals surface area contributed by atoms with Gasteiger partial charge in [0.1, 0.15) is 24.7 Å². The Morgan fingerprint density at radius 3 is 2.86 bits per heavy atom. The Balaban J connectivity index is 1.71. The van der Waals surface area contributed by atoms with Gasteiger partial charge in [-0.1, -0.05) is 17.7 Å². The summed E-state index contributed by atoms with van der Waals surface area (Å²) < 4.78 is 5.68. The summed E-state index contributed by atoms with van der Waals surface area (Å²) in [6.07, 6.45) is 3.45. The van der Waals surface area contributed by atoms with Crippen molar-refractivity contribution in [3.05, 3.63) is 58.9 Å². The van der Waals surface area contributed by atoms with Crippen molar-refractivity contribution in [1.29, 1.82) is 0 Å². The quantitative estimate of drug-likeness (QED) is 0.900. The fourth-order valence-corrected chi connectivity index (χ4v) is 2.17. The second-order valence-corrected chi connectivity index (χ2v) is 5.04. The monoisotopic (exact) mass is 316 g/mol. The van der Waals surface area contributed by atoms with Crippen LogP contribution in [0.4, 0.5) is 0 Å². The first-order valence-electron chi connectivity index (χ1n) is 6.63. The second-order valence-electron chi connectivity index (χ2n) is 4.63. The second kappa shape index (κ2) is 6.44. The van der Waals surface area contributed by atoms with E-state index >= 15 is 0 Å². The summed E-state index contributed by atoms with van der Waals surface area (Å²) in [5.74, 6) is 0.973. The Kier molecular flexibility index (Phi) is 4.20. The number of rotatable bonds is 4. The van der Waals surface area contributed by atoms with Crippen molar-refractivity contribution in [1.82, 2.24) is 15.8 Å². The molecule has 7 heteroatoms. The van der Waals surface area contributed by atoms with Crippen LogP contribution in [0.1, 0.15) is 11.1 Å². The van der Waals surface area contributed by atoms with Crippen LogP contribution in [0.15, 0.2) is 47.7 Å². The van der Waals surface area contributed by atoms with Gasteiger partial charge in [-0.25, -0.2) is 0 Å². The SMILES string of the molecule is O=C1CN=C(c2ccc(OCc3cccnc3)c(Cl)c2)NN1. The minimum atomic E-state index is -0.175. The highest BCUT2D eigenvalue weighted by molar-refractivity contribution is 6.32. The number of pyridine rings is 1. The largest absolute Gasteiger partial charge is 0.487 e. The molecule has 6 nitrogen and oxygen atoms in total. The fourth-order valence-electron chi connectivity index (χ4n) is 1.93. The molecule has 0 fully saturated rings. The molecule has 3 rings (SSSR count). The van der Waals surface area contributed by atoms with Crippen LogP contribution in [0.2, 0.25) is 5.02 Å². The molecule has 0 aliphatic carbocycles. The van der Waals surface area contributed by atoms with E-state index in [1.54, 1.807) is 24.5 Å². The van der Waals surface area contributed by atoms with Gasteiger partial charge in [-0.3, -0.25) is 25.6 Å². The van der Waals surface area contributed by atoms with Gasteiger partial charge in [-0.15, -0.1) is 0 Å². The van der Waals surface area contributed by atoms with Crippen LogP contribution in [-0.2, 0) is 11.4 Å². The molecule has 0 unspecified atom stereocenters. The molecule has 1 aliphatic rings. The average molecular weight is 317 g/mol. The molecule has 0 bridgehead atoms. The molecule has 112 valence electrons. The van der Waals surface area contributed by atoms with E-state index in [4.69, 9.17) is 16.3 Å². The van der Waals surface area contributed by atoms with E-state index < -0.39 is 0 Å². The molecule has 0 saturated heterocycles. The van der Waals surface area contributed by atoms with Gasteiger partial charge in [0.2, 0.25) is 0 Å². The van der Waals surface area contributed by atoms with Crippen molar-refractivity contribution in [2.75, 3.05) is 6.54 Å². The van der Waals surface area contributed by atoms with Crippen LogP contribution >= 0.6 is 11.6 Å².